The van der Waals surface area contributed by atoms with Gasteiger partial charge in [-0.2, -0.15) is 4.98 Å². The van der Waals surface area contributed by atoms with Crippen molar-refractivity contribution in [2.24, 2.45) is 0 Å². The van der Waals surface area contributed by atoms with Crippen molar-refractivity contribution in [2.75, 3.05) is 19.7 Å². The largest absolute Gasteiger partial charge is 0.493 e. The Morgan fingerprint density at radius 1 is 1.33 bits per heavy atom. The van der Waals surface area contributed by atoms with Crippen LogP contribution < -0.4 is 4.74 Å². The molecule has 126 valence electrons. The number of hydrogen-bond donors (Lipinski definition) is 0. The Morgan fingerprint density at radius 3 is 3.08 bits per heavy atom. The molecule has 24 heavy (non-hydrogen) atoms. The number of piperidine rings is 1. The molecule has 1 aromatic carbocycles. The van der Waals surface area contributed by atoms with Gasteiger partial charge in [0.15, 0.2) is 5.82 Å². The Labute approximate surface area is 140 Å². The molecule has 3 heterocycles. The molecule has 1 unspecified atom stereocenters. The normalized spacial score (nSPS) is 20.4. The highest BCUT2D eigenvalue weighted by atomic mass is 16.5. The third kappa shape index (κ3) is 2.88. The number of hydrogen-bond acceptors (Lipinski definition) is 5. The molecule has 0 saturated carbocycles. The lowest BCUT2D eigenvalue weighted by Gasteiger charge is -2.31. The van der Waals surface area contributed by atoms with Crippen molar-refractivity contribution in [3.8, 4) is 5.75 Å². The smallest absolute Gasteiger partial charge is 0.253 e. The van der Waals surface area contributed by atoms with Crippen LogP contribution in [0.4, 0.5) is 0 Å². The van der Waals surface area contributed by atoms with Gasteiger partial charge in [0.05, 0.1) is 6.61 Å². The van der Waals surface area contributed by atoms with E-state index in [1.807, 2.05) is 23.1 Å². The molecule has 0 spiro atoms. The van der Waals surface area contributed by atoms with Crippen molar-refractivity contribution in [3.63, 3.8) is 0 Å². The summed E-state index contributed by atoms with van der Waals surface area (Å²) in [4.78, 5) is 19.1. The number of rotatable bonds is 2. The molecular formula is C18H21N3O3. The summed E-state index contributed by atoms with van der Waals surface area (Å²) in [6.07, 6.45) is 3.92. The number of aromatic nitrogens is 2. The van der Waals surface area contributed by atoms with Crippen molar-refractivity contribution >= 4 is 5.91 Å². The molecule has 4 rings (SSSR count). The maximum Gasteiger partial charge on any atom is 0.253 e. The summed E-state index contributed by atoms with van der Waals surface area (Å²) in [5, 5.41) is 4.02. The molecule has 0 radical (unpaired) electrons. The van der Waals surface area contributed by atoms with Crippen LogP contribution in [-0.2, 0) is 6.42 Å². The van der Waals surface area contributed by atoms with Crippen LogP contribution in [0.3, 0.4) is 0 Å². The van der Waals surface area contributed by atoms with Crippen LogP contribution in [0.1, 0.15) is 52.8 Å². The summed E-state index contributed by atoms with van der Waals surface area (Å²) < 4.78 is 10.7. The van der Waals surface area contributed by atoms with Crippen molar-refractivity contribution in [2.45, 2.75) is 38.5 Å². The van der Waals surface area contributed by atoms with E-state index in [9.17, 15) is 4.79 Å². The molecule has 1 saturated heterocycles. The SMILES string of the molecule is Cc1nc(C2CCCN(C(=O)c3ccc4c(c3)CCCO4)C2)no1. The fraction of sp³-hybridized carbons (Fsp3) is 0.500. The zero-order chi connectivity index (χ0) is 16.5. The Kier molecular flexibility index (Phi) is 3.96. The van der Waals surface area contributed by atoms with Crippen molar-refractivity contribution in [1.29, 1.82) is 0 Å². The molecule has 1 fully saturated rings. The van der Waals surface area contributed by atoms with Crippen LogP contribution in [0.2, 0.25) is 0 Å². The zero-order valence-corrected chi connectivity index (χ0v) is 13.8. The van der Waals surface area contributed by atoms with Gasteiger partial charge in [0, 0.05) is 31.5 Å². The molecule has 0 aliphatic carbocycles. The summed E-state index contributed by atoms with van der Waals surface area (Å²) in [6.45, 7) is 3.97. The predicted octanol–water partition coefficient (Wildman–Crippen LogP) is 2.72. The van der Waals surface area contributed by atoms with E-state index >= 15 is 0 Å². The number of amides is 1. The molecule has 1 aromatic heterocycles. The monoisotopic (exact) mass is 327 g/mol. The molecule has 1 amide bonds. The lowest BCUT2D eigenvalue weighted by atomic mass is 9.96. The fourth-order valence-electron chi connectivity index (χ4n) is 3.53. The molecule has 6 nitrogen and oxygen atoms in total. The van der Waals surface area contributed by atoms with Gasteiger partial charge < -0.3 is 14.2 Å². The van der Waals surface area contributed by atoms with Gasteiger partial charge in [0.2, 0.25) is 5.89 Å². The van der Waals surface area contributed by atoms with Crippen LogP contribution in [0.15, 0.2) is 22.7 Å². The maximum absolute atomic E-state index is 12.9. The molecule has 6 heteroatoms. The number of carbonyl (C=O) groups is 1. The van der Waals surface area contributed by atoms with Gasteiger partial charge >= 0.3 is 0 Å². The van der Waals surface area contributed by atoms with E-state index in [1.54, 1.807) is 6.92 Å². The predicted molar refractivity (Wildman–Crippen MR) is 87.2 cm³/mol. The number of nitrogens with zero attached hydrogens (tertiary/aromatic N) is 3. The van der Waals surface area contributed by atoms with Crippen LogP contribution >= 0.6 is 0 Å². The molecule has 0 N–H and O–H groups in total. The Morgan fingerprint density at radius 2 is 2.25 bits per heavy atom. The third-order valence-corrected chi connectivity index (χ3v) is 4.77. The van der Waals surface area contributed by atoms with Crippen LogP contribution in [-0.4, -0.2) is 40.6 Å². The summed E-state index contributed by atoms with van der Waals surface area (Å²) in [5.74, 6) is 2.43. The second-order valence-corrected chi connectivity index (χ2v) is 6.54. The van der Waals surface area contributed by atoms with E-state index in [2.05, 4.69) is 10.1 Å². The van der Waals surface area contributed by atoms with Gasteiger partial charge in [-0.15, -0.1) is 0 Å². The molecule has 2 aliphatic heterocycles. The van der Waals surface area contributed by atoms with Gasteiger partial charge in [-0.1, -0.05) is 5.16 Å². The van der Waals surface area contributed by atoms with Crippen molar-refractivity contribution < 1.29 is 14.1 Å². The first-order valence-electron chi connectivity index (χ1n) is 8.56. The van der Waals surface area contributed by atoms with Gasteiger partial charge in [0.25, 0.3) is 5.91 Å². The highest BCUT2D eigenvalue weighted by Gasteiger charge is 2.28. The number of carbonyl (C=O) groups excluding carboxylic acids is 1. The zero-order valence-electron chi connectivity index (χ0n) is 13.8. The van der Waals surface area contributed by atoms with Crippen LogP contribution in [0.25, 0.3) is 0 Å². The molecule has 0 bridgehead atoms. The maximum atomic E-state index is 12.9. The average Bonchev–Trinajstić information content (AvgIpc) is 3.07. The highest BCUT2D eigenvalue weighted by molar-refractivity contribution is 5.94. The van der Waals surface area contributed by atoms with E-state index in [4.69, 9.17) is 9.26 Å². The first-order valence-corrected chi connectivity index (χ1v) is 8.56. The van der Waals surface area contributed by atoms with Gasteiger partial charge in [-0.25, -0.2) is 0 Å². The highest BCUT2D eigenvalue weighted by Crippen LogP contribution is 2.29. The van der Waals surface area contributed by atoms with E-state index in [0.717, 1.165) is 55.7 Å². The van der Waals surface area contributed by atoms with Gasteiger partial charge in [0.1, 0.15) is 5.75 Å². The lowest BCUT2D eigenvalue weighted by molar-refractivity contribution is 0.0703. The Bertz CT molecular complexity index is 756. The minimum Gasteiger partial charge on any atom is -0.493 e. The second-order valence-electron chi connectivity index (χ2n) is 6.54. The number of benzene rings is 1. The number of ether oxygens (including phenoxy) is 1. The standard InChI is InChI=1S/C18H21N3O3/c1-12-19-17(20-24-12)15-4-2-8-21(11-15)18(22)14-6-7-16-13(10-14)5-3-9-23-16/h6-7,10,15H,2-5,8-9,11H2,1H3. The molecule has 1 atom stereocenters. The average molecular weight is 327 g/mol. The molecule has 2 aromatic rings. The minimum absolute atomic E-state index is 0.0771. The Balaban J connectivity index is 1.51. The number of aryl methyl sites for hydroxylation is 2. The van der Waals surface area contributed by atoms with E-state index in [-0.39, 0.29) is 11.8 Å². The minimum atomic E-state index is 0.0771. The van der Waals surface area contributed by atoms with Crippen LogP contribution in [0.5, 0.6) is 5.75 Å². The third-order valence-electron chi connectivity index (χ3n) is 4.77. The van der Waals surface area contributed by atoms with Crippen molar-refractivity contribution in [3.05, 3.63) is 41.0 Å². The quantitative estimate of drug-likeness (QED) is 0.848. The van der Waals surface area contributed by atoms with Gasteiger partial charge in [-0.3, -0.25) is 4.79 Å². The fourth-order valence-corrected chi connectivity index (χ4v) is 3.53. The Hall–Kier alpha value is -2.37. The number of fused-ring (bicyclic) bond motifs is 1. The van der Waals surface area contributed by atoms with E-state index in [0.29, 0.717) is 18.3 Å². The van der Waals surface area contributed by atoms with E-state index in [1.165, 1.54) is 0 Å². The number of likely N-dealkylation sites (tertiary alicyclic amines) is 1. The lowest BCUT2D eigenvalue weighted by Crippen LogP contribution is -2.39. The summed E-state index contributed by atoms with van der Waals surface area (Å²) in [6, 6.07) is 5.78. The van der Waals surface area contributed by atoms with Gasteiger partial charge in [-0.05, 0) is 49.4 Å². The first-order chi connectivity index (χ1) is 11.7. The first kappa shape index (κ1) is 15.2. The topological polar surface area (TPSA) is 68.5 Å². The molecular weight excluding hydrogens is 306 g/mol. The summed E-state index contributed by atoms with van der Waals surface area (Å²) >= 11 is 0. The summed E-state index contributed by atoms with van der Waals surface area (Å²) in [5.41, 5.74) is 1.87. The van der Waals surface area contributed by atoms with Crippen molar-refractivity contribution in [1.82, 2.24) is 15.0 Å². The summed E-state index contributed by atoms with van der Waals surface area (Å²) in [7, 11) is 0. The second kappa shape index (κ2) is 6.26. The molecule has 2 aliphatic rings. The van der Waals surface area contributed by atoms with Crippen LogP contribution in [0, 0.1) is 6.92 Å². The van der Waals surface area contributed by atoms with E-state index < -0.39 is 0 Å².